The molecule has 1 unspecified atom stereocenters. The van der Waals surface area contributed by atoms with E-state index in [2.05, 4.69) is 44.8 Å². The van der Waals surface area contributed by atoms with Crippen molar-refractivity contribution in [2.75, 3.05) is 18.6 Å². The van der Waals surface area contributed by atoms with E-state index in [0.717, 1.165) is 42.2 Å². The normalized spacial score (nSPS) is 13.7. The Balaban J connectivity index is 1.23. The van der Waals surface area contributed by atoms with Crippen LogP contribution in [0.3, 0.4) is 0 Å². The lowest BCUT2D eigenvalue weighted by atomic mass is 10.00. The molecule has 7 heteroatoms. The number of rotatable bonds is 8. The molecule has 0 saturated heterocycles. The molecule has 1 aromatic heterocycles. The van der Waals surface area contributed by atoms with Crippen molar-refractivity contribution in [1.82, 2.24) is 15.6 Å². The standard InChI is InChI=1S/C28H30N4O3/c1-20(31-27(33)14-10-21-7-11-25(35-2)12-8-21)28(34)30-18-22-9-13-26(29-17-22)32-16-15-23-5-3-4-6-24(23)19-32/h3-14,17,20H,15-16,18-19H2,1-2H3,(H,30,34)(H,31,33). The first-order valence-electron chi connectivity index (χ1n) is 11.7. The monoisotopic (exact) mass is 470 g/mol. The van der Waals surface area contributed by atoms with E-state index in [1.807, 2.05) is 36.4 Å². The summed E-state index contributed by atoms with van der Waals surface area (Å²) < 4.78 is 5.12. The lowest BCUT2D eigenvalue weighted by Gasteiger charge is -2.29. The van der Waals surface area contributed by atoms with Gasteiger partial charge in [-0.15, -0.1) is 0 Å². The average Bonchev–Trinajstić information content (AvgIpc) is 2.90. The molecule has 0 fully saturated rings. The number of pyridine rings is 1. The van der Waals surface area contributed by atoms with E-state index in [4.69, 9.17) is 4.74 Å². The van der Waals surface area contributed by atoms with Crippen molar-refractivity contribution in [3.05, 3.63) is 95.2 Å². The predicted octanol–water partition coefficient (Wildman–Crippen LogP) is 3.49. The highest BCUT2D eigenvalue weighted by atomic mass is 16.5. The zero-order valence-corrected chi connectivity index (χ0v) is 20.0. The van der Waals surface area contributed by atoms with E-state index in [0.29, 0.717) is 6.54 Å². The topological polar surface area (TPSA) is 83.6 Å². The summed E-state index contributed by atoms with van der Waals surface area (Å²) in [5.41, 5.74) is 4.51. The third kappa shape index (κ3) is 6.47. The third-order valence-electron chi connectivity index (χ3n) is 6.03. The fourth-order valence-corrected chi connectivity index (χ4v) is 3.96. The van der Waals surface area contributed by atoms with Crippen LogP contribution in [0.2, 0.25) is 0 Å². The van der Waals surface area contributed by atoms with E-state index in [1.165, 1.54) is 17.2 Å². The lowest BCUT2D eigenvalue weighted by Crippen LogP contribution is -2.44. The number of carbonyl (C=O) groups is 2. The summed E-state index contributed by atoms with van der Waals surface area (Å²) in [4.78, 5) is 31.5. The van der Waals surface area contributed by atoms with E-state index in [9.17, 15) is 9.59 Å². The van der Waals surface area contributed by atoms with Crippen LogP contribution >= 0.6 is 0 Å². The van der Waals surface area contributed by atoms with Gasteiger partial charge in [0.15, 0.2) is 0 Å². The Bertz CT molecular complexity index is 1190. The van der Waals surface area contributed by atoms with Crippen LogP contribution in [0.1, 0.15) is 29.2 Å². The second-order valence-electron chi connectivity index (χ2n) is 8.52. The van der Waals surface area contributed by atoms with Gasteiger partial charge in [0.2, 0.25) is 11.8 Å². The van der Waals surface area contributed by atoms with Gasteiger partial charge in [-0.2, -0.15) is 0 Å². The first-order chi connectivity index (χ1) is 17.0. The molecule has 1 aliphatic rings. The minimum absolute atomic E-state index is 0.257. The molecule has 3 aromatic rings. The van der Waals surface area contributed by atoms with E-state index >= 15 is 0 Å². The van der Waals surface area contributed by atoms with Crippen LogP contribution in [-0.4, -0.2) is 36.5 Å². The van der Waals surface area contributed by atoms with E-state index < -0.39 is 6.04 Å². The molecule has 1 aliphatic heterocycles. The molecule has 0 radical (unpaired) electrons. The summed E-state index contributed by atoms with van der Waals surface area (Å²) >= 11 is 0. The highest BCUT2D eigenvalue weighted by Crippen LogP contribution is 2.23. The van der Waals surface area contributed by atoms with Crippen LogP contribution in [-0.2, 0) is 29.1 Å². The Morgan fingerprint density at radius 2 is 1.86 bits per heavy atom. The maximum absolute atomic E-state index is 12.4. The lowest BCUT2D eigenvalue weighted by molar-refractivity contribution is -0.126. The van der Waals surface area contributed by atoms with Crippen LogP contribution in [0.15, 0.2) is 72.9 Å². The van der Waals surface area contributed by atoms with Crippen molar-refractivity contribution in [2.24, 2.45) is 0 Å². The van der Waals surface area contributed by atoms with E-state index in [1.54, 1.807) is 26.3 Å². The van der Waals surface area contributed by atoms with Gasteiger partial charge >= 0.3 is 0 Å². The maximum atomic E-state index is 12.4. The van der Waals surface area contributed by atoms with E-state index in [-0.39, 0.29) is 11.8 Å². The molecule has 1 atom stereocenters. The summed E-state index contributed by atoms with van der Waals surface area (Å²) in [6, 6.07) is 19.2. The fourth-order valence-electron chi connectivity index (χ4n) is 3.96. The number of nitrogens with one attached hydrogen (secondary N) is 2. The Morgan fingerprint density at radius 3 is 2.57 bits per heavy atom. The van der Waals surface area contributed by atoms with Gasteiger partial charge in [0.05, 0.1) is 7.11 Å². The largest absolute Gasteiger partial charge is 0.497 e. The zero-order valence-electron chi connectivity index (χ0n) is 20.0. The van der Waals surface area contributed by atoms with Crippen LogP contribution in [0, 0.1) is 0 Å². The number of methoxy groups -OCH3 is 1. The highest BCUT2D eigenvalue weighted by Gasteiger charge is 2.17. The van der Waals surface area contributed by atoms with Gasteiger partial charge in [-0.1, -0.05) is 42.5 Å². The second kappa shape index (κ2) is 11.3. The summed E-state index contributed by atoms with van der Waals surface area (Å²) in [7, 11) is 1.60. The number of amides is 2. The molecule has 0 aliphatic carbocycles. The quantitative estimate of drug-likeness (QED) is 0.493. The van der Waals surface area contributed by atoms with Crippen LogP contribution in [0.25, 0.3) is 6.08 Å². The summed E-state index contributed by atoms with van der Waals surface area (Å²) in [5.74, 6) is 1.09. The number of aromatic nitrogens is 1. The Labute approximate surface area is 205 Å². The molecule has 0 bridgehead atoms. The van der Waals surface area contributed by atoms with Gasteiger partial charge in [0.1, 0.15) is 17.6 Å². The SMILES string of the molecule is COc1ccc(C=CC(=O)NC(C)C(=O)NCc2ccc(N3CCc4ccccc4C3)nc2)cc1. The molecule has 7 nitrogen and oxygen atoms in total. The zero-order chi connectivity index (χ0) is 24.6. The van der Waals surface area contributed by atoms with Crippen molar-refractivity contribution < 1.29 is 14.3 Å². The fraction of sp³-hybridized carbons (Fsp3) is 0.250. The first-order valence-corrected chi connectivity index (χ1v) is 11.7. The Kier molecular flexibility index (Phi) is 7.77. The number of benzene rings is 2. The summed E-state index contributed by atoms with van der Waals surface area (Å²) in [5, 5.41) is 5.54. The number of hydrogen-bond acceptors (Lipinski definition) is 5. The second-order valence-corrected chi connectivity index (χ2v) is 8.52. The molecule has 2 amide bonds. The number of nitrogens with zero attached hydrogens (tertiary/aromatic N) is 2. The Morgan fingerprint density at radius 1 is 1.09 bits per heavy atom. The molecular weight excluding hydrogens is 440 g/mol. The van der Waals surface area contributed by atoms with Gasteiger partial charge in [-0.3, -0.25) is 9.59 Å². The van der Waals surface area contributed by atoms with Gasteiger partial charge < -0.3 is 20.3 Å². The minimum atomic E-state index is -0.663. The van der Waals surface area contributed by atoms with Crippen molar-refractivity contribution in [2.45, 2.75) is 32.5 Å². The highest BCUT2D eigenvalue weighted by molar-refractivity contribution is 5.95. The third-order valence-corrected chi connectivity index (χ3v) is 6.03. The minimum Gasteiger partial charge on any atom is -0.497 e. The molecule has 0 saturated carbocycles. The molecule has 0 spiro atoms. The number of ether oxygens (including phenoxy) is 1. The van der Waals surface area contributed by atoms with Gasteiger partial charge in [0.25, 0.3) is 0 Å². The predicted molar refractivity (Wildman–Crippen MR) is 137 cm³/mol. The van der Waals surface area contributed by atoms with Gasteiger partial charge in [-0.05, 0) is 59.9 Å². The van der Waals surface area contributed by atoms with Crippen LogP contribution in [0.4, 0.5) is 5.82 Å². The molecular formula is C28H30N4O3. The van der Waals surface area contributed by atoms with Crippen molar-refractivity contribution in [3.8, 4) is 5.75 Å². The molecule has 2 heterocycles. The maximum Gasteiger partial charge on any atom is 0.244 e. The molecule has 2 N–H and O–H groups in total. The van der Waals surface area contributed by atoms with Crippen molar-refractivity contribution >= 4 is 23.7 Å². The smallest absolute Gasteiger partial charge is 0.244 e. The molecule has 35 heavy (non-hydrogen) atoms. The first kappa shape index (κ1) is 24.0. The molecule has 4 rings (SSSR count). The van der Waals surface area contributed by atoms with Crippen molar-refractivity contribution in [1.29, 1.82) is 0 Å². The summed E-state index contributed by atoms with van der Waals surface area (Å²) in [6.07, 6.45) is 5.90. The van der Waals surface area contributed by atoms with Gasteiger partial charge in [0, 0.05) is 31.9 Å². The number of carbonyl (C=O) groups excluding carboxylic acids is 2. The van der Waals surface area contributed by atoms with Crippen LogP contribution < -0.4 is 20.3 Å². The number of hydrogen-bond donors (Lipinski definition) is 2. The molecule has 2 aromatic carbocycles. The summed E-state index contributed by atoms with van der Waals surface area (Å²) in [6.45, 7) is 3.79. The number of anilines is 1. The van der Waals surface area contributed by atoms with Crippen molar-refractivity contribution in [3.63, 3.8) is 0 Å². The van der Waals surface area contributed by atoms with Gasteiger partial charge in [-0.25, -0.2) is 4.98 Å². The Hall–Kier alpha value is -4.13. The average molecular weight is 471 g/mol. The number of fused-ring (bicyclic) bond motifs is 1. The van der Waals surface area contributed by atoms with Crippen LogP contribution in [0.5, 0.6) is 5.75 Å². The molecule has 180 valence electrons.